The normalized spacial score (nSPS) is 25.9. The molecule has 0 radical (unpaired) electrons. The minimum absolute atomic E-state index is 0.211. The highest BCUT2D eigenvalue weighted by Crippen LogP contribution is 2.15. The molecule has 1 aliphatic rings. The summed E-state index contributed by atoms with van der Waals surface area (Å²) in [5.74, 6) is -0.441. The van der Waals surface area contributed by atoms with Gasteiger partial charge >= 0.3 is 12.0 Å². The summed E-state index contributed by atoms with van der Waals surface area (Å²) in [6, 6.07) is 5.41. The third-order valence-corrected chi connectivity index (χ3v) is 3.59. The minimum atomic E-state index is -1.45. The van der Waals surface area contributed by atoms with E-state index >= 15 is 0 Å². The molecule has 138 valence electrons. The molecule has 4 atom stereocenters. The first-order valence-electron chi connectivity index (χ1n) is 7.93. The number of carbonyl (C=O) groups is 2. The first-order chi connectivity index (χ1) is 11.9. The molecule has 5 N–H and O–H groups in total. The van der Waals surface area contributed by atoms with Gasteiger partial charge in [0.05, 0.1) is 18.8 Å². The molecule has 1 aliphatic heterocycles. The Morgan fingerprint density at radius 2 is 1.88 bits per heavy atom. The number of urea groups is 1. The van der Waals surface area contributed by atoms with Gasteiger partial charge in [-0.2, -0.15) is 0 Å². The molecule has 2 amide bonds. The molecule has 0 saturated carbocycles. The lowest BCUT2D eigenvalue weighted by atomic mass is 10.0. The van der Waals surface area contributed by atoms with Crippen LogP contribution in [0, 0.1) is 0 Å². The van der Waals surface area contributed by atoms with Gasteiger partial charge in [-0.3, -0.25) is 0 Å². The van der Waals surface area contributed by atoms with Crippen molar-refractivity contribution in [1.29, 1.82) is 0 Å². The Morgan fingerprint density at radius 1 is 1.20 bits per heavy atom. The Morgan fingerprint density at radius 3 is 2.52 bits per heavy atom. The van der Waals surface area contributed by atoms with Crippen molar-refractivity contribution in [1.82, 2.24) is 5.32 Å². The number of carbonyl (C=O) groups excluding carboxylic acids is 2. The number of aliphatic hydroxyl groups is 3. The number of amides is 2. The van der Waals surface area contributed by atoms with Gasteiger partial charge in [-0.15, -0.1) is 0 Å². The average Bonchev–Trinajstić information content (AvgIpc) is 2.61. The number of benzene rings is 1. The second-order valence-corrected chi connectivity index (χ2v) is 5.61. The zero-order valence-corrected chi connectivity index (χ0v) is 13.7. The number of esters is 1. The van der Waals surface area contributed by atoms with Crippen molar-refractivity contribution < 1.29 is 34.4 Å². The van der Waals surface area contributed by atoms with Crippen molar-refractivity contribution in [3.63, 3.8) is 0 Å². The minimum Gasteiger partial charge on any atom is -0.462 e. The smallest absolute Gasteiger partial charge is 0.338 e. The number of hydrogen-bond donors (Lipinski definition) is 5. The van der Waals surface area contributed by atoms with Gasteiger partial charge < -0.3 is 35.4 Å². The monoisotopic (exact) mass is 354 g/mol. The standard InChI is InChI=1S/C16H22N2O7/c1-2-7-24-15(22)9-3-5-10(6-4-9)17-16(23)18-14-13(21)12(20)11(19)8-25-14/h3-6,11-14,19-21H,2,7-8H2,1H3,(H2,17,18,23). The lowest BCUT2D eigenvalue weighted by Crippen LogP contribution is -2.59. The molecule has 1 aromatic carbocycles. The molecule has 0 aliphatic carbocycles. The quantitative estimate of drug-likeness (QED) is 0.462. The van der Waals surface area contributed by atoms with Crippen LogP contribution in [0.1, 0.15) is 23.7 Å². The largest absolute Gasteiger partial charge is 0.462 e. The van der Waals surface area contributed by atoms with Crippen molar-refractivity contribution in [2.24, 2.45) is 0 Å². The van der Waals surface area contributed by atoms with Gasteiger partial charge in [-0.25, -0.2) is 9.59 Å². The predicted octanol–water partition coefficient (Wildman–Crippen LogP) is -0.186. The molecular weight excluding hydrogens is 332 g/mol. The number of hydrogen-bond acceptors (Lipinski definition) is 7. The fourth-order valence-corrected chi connectivity index (χ4v) is 2.20. The number of nitrogens with one attached hydrogen (secondary N) is 2. The van der Waals surface area contributed by atoms with Crippen molar-refractivity contribution >= 4 is 17.7 Å². The Hall–Kier alpha value is -2.20. The van der Waals surface area contributed by atoms with Gasteiger partial charge in [0, 0.05) is 5.69 Å². The predicted molar refractivity (Wildman–Crippen MR) is 86.9 cm³/mol. The van der Waals surface area contributed by atoms with E-state index in [9.17, 15) is 24.9 Å². The Kier molecular flexibility index (Phi) is 6.71. The van der Waals surface area contributed by atoms with E-state index in [1.165, 1.54) is 24.3 Å². The van der Waals surface area contributed by atoms with Crippen molar-refractivity contribution in [3.05, 3.63) is 29.8 Å². The van der Waals surface area contributed by atoms with Crippen LogP contribution in [0.5, 0.6) is 0 Å². The molecule has 25 heavy (non-hydrogen) atoms. The summed E-state index contributed by atoms with van der Waals surface area (Å²) in [6.07, 6.45) is -4.50. The summed E-state index contributed by atoms with van der Waals surface area (Å²) in [4.78, 5) is 23.6. The average molecular weight is 354 g/mol. The maximum Gasteiger partial charge on any atom is 0.338 e. The van der Waals surface area contributed by atoms with Crippen molar-refractivity contribution in [2.75, 3.05) is 18.5 Å². The van der Waals surface area contributed by atoms with E-state index in [0.717, 1.165) is 6.42 Å². The van der Waals surface area contributed by atoms with E-state index in [2.05, 4.69) is 10.6 Å². The van der Waals surface area contributed by atoms with Crippen LogP contribution in [0.15, 0.2) is 24.3 Å². The van der Waals surface area contributed by atoms with Crippen LogP contribution in [0.3, 0.4) is 0 Å². The Bertz CT molecular complexity index is 593. The molecule has 9 heteroatoms. The van der Waals surface area contributed by atoms with E-state index in [1.807, 2.05) is 6.92 Å². The molecule has 0 spiro atoms. The SMILES string of the molecule is CCCOC(=O)c1ccc(NC(=O)NC2OCC(O)C(O)C2O)cc1. The molecule has 0 aromatic heterocycles. The summed E-state index contributed by atoms with van der Waals surface area (Å²) in [6.45, 7) is 2.02. The number of anilines is 1. The summed E-state index contributed by atoms with van der Waals surface area (Å²) < 4.78 is 10.1. The van der Waals surface area contributed by atoms with Gasteiger partial charge in [-0.1, -0.05) is 6.92 Å². The van der Waals surface area contributed by atoms with E-state index in [1.54, 1.807) is 0 Å². The van der Waals surface area contributed by atoms with Gasteiger partial charge in [0.2, 0.25) is 0 Å². The van der Waals surface area contributed by atoms with E-state index in [0.29, 0.717) is 17.9 Å². The number of aliphatic hydroxyl groups excluding tert-OH is 3. The second kappa shape index (κ2) is 8.77. The van der Waals surface area contributed by atoms with Crippen molar-refractivity contribution in [2.45, 2.75) is 37.9 Å². The van der Waals surface area contributed by atoms with Crippen LogP contribution >= 0.6 is 0 Å². The topological polar surface area (TPSA) is 137 Å². The zero-order chi connectivity index (χ0) is 18.4. The van der Waals surface area contributed by atoms with Crippen LogP contribution in [0.25, 0.3) is 0 Å². The van der Waals surface area contributed by atoms with Crippen LogP contribution in [-0.4, -0.2) is 65.1 Å². The molecule has 9 nitrogen and oxygen atoms in total. The summed E-state index contributed by atoms with van der Waals surface area (Å²) >= 11 is 0. The third-order valence-electron chi connectivity index (χ3n) is 3.59. The molecule has 2 rings (SSSR count). The van der Waals surface area contributed by atoms with Gasteiger partial charge in [0.15, 0.2) is 6.23 Å². The van der Waals surface area contributed by atoms with Crippen molar-refractivity contribution in [3.8, 4) is 0 Å². The molecule has 1 saturated heterocycles. The molecular formula is C16H22N2O7. The summed E-state index contributed by atoms with van der Waals surface area (Å²) in [5.41, 5.74) is 0.776. The molecule has 1 aromatic rings. The fraction of sp³-hybridized carbons (Fsp3) is 0.500. The fourth-order valence-electron chi connectivity index (χ4n) is 2.20. The summed E-state index contributed by atoms with van der Waals surface area (Å²) in [7, 11) is 0. The third kappa shape index (κ3) is 5.13. The highest BCUT2D eigenvalue weighted by atomic mass is 16.5. The lowest BCUT2D eigenvalue weighted by Gasteiger charge is -2.35. The Labute approximate surface area is 144 Å². The molecule has 4 unspecified atom stereocenters. The molecule has 1 fully saturated rings. The van der Waals surface area contributed by atoms with E-state index in [4.69, 9.17) is 9.47 Å². The van der Waals surface area contributed by atoms with Crippen LogP contribution < -0.4 is 10.6 Å². The number of ether oxygens (including phenoxy) is 2. The maximum atomic E-state index is 11.9. The number of rotatable bonds is 5. The molecule has 1 heterocycles. The first kappa shape index (κ1) is 19.1. The van der Waals surface area contributed by atoms with Crippen LogP contribution in [0.2, 0.25) is 0 Å². The first-order valence-corrected chi connectivity index (χ1v) is 7.93. The molecule has 0 bridgehead atoms. The Balaban J connectivity index is 1.87. The zero-order valence-electron chi connectivity index (χ0n) is 13.7. The highest BCUT2D eigenvalue weighted by molar-refractivity contribution is 5.92. The van der Waals surface area contributed by atoms with Gasteiger partial charge in [-0.05, 0) is 30.7 Å². The van der Waals surface area contributed by atoms with Gasteiger partial charge in [0.1, 0.15) is 18.3 Å². The van der Waals surface area contributed by atoms with Crippen LogP contribution in [-0.2, 0) is 9.47 Å². The summed E-state index contributed by atoms with van der Waals surface area (Å²) in [5, 5.41) is 33.5. The highest BCUT2D eigenvalue weighted by Gasteiger charge is 2.38. The van der Waals surface area contributed by atoms with Crippen LogP contribution in [0.4, 0.5) is 10.5 Å². The van der Waals surface area contributed by atoms with Gasteiger partial charge in [0.25, 0.3) is 0 Å². The maximum absolute atomic E-state index is 11.9. The van der Waals surface area contributed by atoms with E-state index < -0.39 is 36.5 Å². The second-order valence-electron chi connectivity index (χ2n) is 5.61. The lowest BCUT2D eigenvalue weighted by molar-refractivity contribution is -0.191. The van der Waals surface area contributed by atoms with E-state index in [-0.39, 0.29) is 6.61 Å².